The molecule has 0 unspecified atom stereocenters. The van der Waals surface area contributed by atoms with Crippen LogP contribution in [0, 0.1) is 20.8 Å². The van der Waals surface area contributed by atoms with Crippen molar-refractivity contribution < 1.29 is 9.53 Å². The molecule has 0 aliphatic carbocycles. The highest BCUT2D eigenvalue weighted by Crippen LogP contribution is 2.21. The maximum atomic E-state index is 12.8. The lowest BCUT2D eigenvalue weighted by Gasteiger charge is -2.07. The molecule has 0 saturated carbocycles. The second-order valence-electron chi connectivity index (χ2n) is 7.61. The van der Waals surface area contributed by atoms with Crippen LogP contribution in [0.3, 0.4) is 0 Å². The van der Waals surface area contributed by atoms with Gasteiger partial charge in [-0.25, -0.2) is 4.68 Å². The SMILES string of the molecule is Cc1ccc(Cn2nc(C)c(NC(=O)c3ccn(COc4cccc(Cl)c4)n3)c2C)cc1. The normalized spacial score (nSPS) is 10.9. The number of aromatic nitrogens is 4. The van der Waals surface area contributed by atoms with Crippen LogP contribution >= 0.6 is 11.6 Å². The van der Waals surface area contributed by atoms with E-state index in [0.29, 0.717) is 28.7 Å². The molecule has 2 aromatic carbocycles. The van der Waals surface area contributed by atoms with Crippen molar-refractivity contribution in [3.05, 3.63) is 94.0 Å². The fourth-order valence-electron chi connectivity index (χ4n) is 3.33. The molecule has 0 aliphatic heterocycles. The lowest BCUT2D eigenvalue weighted by atomic mass is 10.1. The van der Waals surface area contributed by atoms with Gasteiger partial charge in [0.15, 0.2) is 12.4 Å². The minimum atomic E-state index is -0.299. The average Bonchev–Trinajstić information content (AvgIpc) is 3.35. The summed E-state index contributed by atoms with van der Waals surface area (Å²) in [7, 11) is 0. The van der Waals surface area contributed by atoms with Crippen LogP contribution in [0.25, 0.3) is 0 Å². The van der Waals surface area contributed by atoms with Crippen LogP contribution in [0.5, 0.6) is 5.75 Å². The fraction of sp³-hybridized carbons (Fsp3) is 0.208. The number of rotatable bonds is 7. The molecule has 0 bridgehead atoms. The quantitative estimate of drug-likeness (QED) is 0.431. The number of halogens is 1. The Morgan fingerprint density at radius 3 is 2.59 bits per heavy atom. The summed E-state index contributed by atoms with van der Waals surface area (Å²) >= 11 is 5.97. The van der Waals surface area contributed by atoms with Crippen LogP contribution in [0.2, 0.25) is 5.02 Å². The number of ether oxygens (including phenoxy) is 1. The Morgan fingerprint density at radius 2 is 1.84 bits per heavy atom. The summed E-state index contributed by atoms with van der Waals surface area (Å²) in [6.45, 7) is 6.69. The number of anilines is 1. The zero-order valence-corrected chi connectivity index (χ0v) is 18.9. The molecule has 1 amide bonds. The van der Waals surface area contributed by atoms with Gasteiger partial charge < -0.3 is 10.1 Å². The van der Waals surface area contributed by atoms with Gasteiger partial charge in [0.05, 0.1) is 23.6 Å². The number of carbonyl (C=O) groups is 1. The number of hydrogen-bond donors (Lipinski definition) is 1. The number of nitrogens with zero attached hydrogens (tertiary/aromatic N) is 4. The van der Waals surface area contributed by atoms with E-state index >= 15 is 0 Å². The summed E-state index contributed by atoms with van der Waals surface area (Å²) in [5, 5.41) is 12.4. The average molecular weight is 450 g/mol. The van der Waals surface area contributed by atoms with Gasteiger partial charge in [0.2, 0.25) is 0 Å². The van der Waals surface area contributed by atoms with Crippen molar-refractivity contribution in [1.82, 2.24) is 19.6 Å². The van der Waals surface area contributed by atoms with Gasteiger partial charge in [0.25, 0.3) is 5.91 Å². The molecule has 0 atom stereocenters. The summed E-state index contributed by atoms with van der Waals surface area (Å²) < 4.78 is 9.11. The number of aryl methyl sites for hydroxylation is 2. The lowest BCUT2D eigenvalue weighted by molar-refractivity contribution is 0.102. The molecule has 4 aromatic rings. The van der Waals surface area contributed by atoms with Crippen molar-refractivity contribution in [1.29, 1.82) is 0 Å². The fourth-order valence-corrected chi connectivity index (χ4v) is 3.51. The van der Waals surface area contributed by atoms with E-state index in [9.17, 15) is 4.79 Å². The van der Waals surface area contributed by atoms with Gasteiger partial charge in [-0.2, -0.15) is 10.2 Å². The van der Waals surface area contributed by atoms with E-state index in [0.717, 1.165) is 17.0 Å². The van der Waals surface area contributed by atoms with E-state index < -0.39 is 0 Å². The summed E-state index contributed by atoms with van der Waals surface area (Å²) in [5.41, 5.74) is 5.01. The van der Waals surface area contributed by atoms with Crippen LogP contribution in [-0.4, -0.2) is 25.5 Å². The summed E-state index contributed by atoms with van der Waals surface area (Å²) in [6, 6.07) is 17.1. The van der Waals surface area contributed by atoms with Crippen LogP contribution in [0.4, 0.5) is 5.69 Å². The number of carbonyl (C=O) groups excluding carboxylic acids is 1. The molecule has 0 radical (unpaired) electrons. The highest BCUT2D eigenvalue weighted by atomic mass is 35.5. The maximum absolute atomic E-state index is 12.8. The predicted octanol–water partition coefficient (Wildman–Crippen LogP) is 5.00. The van der Waals surface area contributed by atoms with Crippen LogP contribution in [0.15, 0.2) is 60.8 Å². The Morgan fingerprint density at radius 1 is 1.06 bits per heavy atom. The van der Waals surface area contributed by atoms with Crippen LogP contribution in [-0.2, 0) is 13.3 Å². The van der Waals surface area contributed by atoms with Crippen molar-refractivity contribution in [2.24, 2.45) is 0 Å². The molecule has 4 rings (SSSR count). The van der Waals surface area contributed by atoms with E-state index in [1.165, 1.54) is 5.56 Å². The minimum absolute atomic E-state index is 0.167. The minimum Gasteiger partial charge on any atom is -0.471 e. The molecular formula is C24H24ClN5O2. The highest BCUT2D eigenvalue weighted by molar-refractivity contribution is 6.30. The Hall–Kier alpha value is -3.58. The second-order valence-corrected chi connectivity index (χ2v) is 8.05. The molecule has 164 valence electrons. The lowest BCUT2D eigenvalue weighted by Crippen LogP contribution is -2.15. The molecule has 2 aromatic heterocycles. The first-order chi connectivity index (χ1) is 15.4. The summed E-state index contributed by atoms with van der Waals surface area (Å²) in [4.78, 5) is 12.8. The molecule has 7 nitrogen and oxygen atoms in total. The van der Waals surface area contributed by atoms with Gasteiger partial charge in [-0.1, -0.05) is 47.5 Å². The Labute approximate surface area is 191 Å². The number of benzene rings is 2. The maximum Gasteiger partial charge on any atom is 0.276 e. The summed E-state index contributed by atoms with van der Waals surface area (Å²) in [6.07, 6.45) is 1.69. The monoisotopic (exact) mass is 449 g/mol. The van der Waals surface area contributed by atoms with Gasteiger partial charge in [-0.05, 0) is 50.6 Å². The number of hydrogen-bond acceptors (Lipinski definition) is 4. The van der Waals surface area contributed by atoms with E-state index in [-0.39, 0.29) is 12.6 Å². The largest absolute Gasteiger partial charge is 0.471 e. The Balaban J connectivity index is 1.41. The van der Waals surface area contributed by atoms with E-state index in [1.807, 2.05) is 30.7 Å². The standard InChI is InChI=1S/C24H24ClN5O2/c1-16-7-9-19(10-8-16)14-30-18(3)23(17(2)27-30)26-24(31)22-11-12-29(28-22)15-32-21-6-4-5-20(25)13-21/h4-13H,14-15H2,1-3H3,(H,26,31). The number of nitrogens with one attached hydrogen (secondary N) is 1. The van der Waals surface area contributed by atoms with Crippen molar-refractivity contribution in [3.63, 3.8) is 0 Å². The first-order valence-corrected chi connectivity index (χ1v) is 10.6. The smallest absolute Gasteiger partial charge is 0.276 e. The molecular weight excluding hydrogens is 426 g/mol. The predicted molar refractivity (Wildman–Crippen MR) is 124 cm³/mol. The van der Waals surface area contributed by atoms with Gasteiger partial charge in [-0.3, -0.25) is 9.48 Å². The van der Waals surface area contributed by atoms with Crippen molar-refractivity contribution in [2.75, 3.05) is 5.32 Å². The first kappa shape index (κ1) is 21.6. The molecule has 0 fully saturated rings. The number of amides is 1. The summed E-state index contributed by atoms with van der Waals surface area (Å²) in [5.74, 6) is 0.332. The molecule has 0 aliphatic rings. The Bertz CT molecular complexity index is 1240. The molecule has 2 heterocycles. The molecule has 32 heavy (non-hydrogen) atoms. The van der Waals surface area contributed by atoms with E-state index in [4.69, 9.17) is 16.3 Å². The Kier molecular flexibility index (Phi) is 6.28. The van der Waals surface area contributed by atoms with Gasteiger partial charge >= 0.3 is 0 Å². The van der Waals surface area contributed by atoms with Gasteiger partial charge in [0.1, 0.15) is 5.75 Å². The van der Waals surface area contributed by atoms with Gasteiger partial charge in [0, 0.05) is 11.2 Å². The molecule has 1 N–H and O–H groups in total. The molecule has 0 saturated heterocycles. The van der Waals surface area contributed by atoms with Crippen molar-refractivity contribution in [3.8, 4) is 5.75 Å². The van der Waals surface area contributed by atoms with E-state index in [1.54, 1.807) is 29.1 Å². The highest BCUT2D eigenvalue weighted by Gasteiger charge is 2.17. The topological polar surface area (TPSA) is 74.0 Å². The zero-order valence-electron chi connectivity index (χ0n) is 18.2. The zero-order chi connectivity index (χ0) is 22.7. The van der Waals surface area contributed by atoms with Crippen LogP contribution < -0.4 is 10.1 Å². The van der Waals surface area contributed by atoms with Crippen LogP contribution in [0.1, 0.15) is 33.0 Å². The third-order valence-corrected chi connectivity index (χ3v) is 5.34. The third-order valence-electron chi connectivity index (χ3n) is 5.11. The first-order valence-electron chi connectivity index (χ1n) is 10.2. The van der Waals surface area contributed by atoms with Crippen molar-refractivity contribution >= 4 is 23.2 Å². The van der Waals surface area contributed by atoms with Crippen molar-refractivity contribution in [2.45, 2.75) is 34.0 Å². The molecule has 8 heteroatoms. The third kappa shape index (κ3) is 5.00. The van der Waals surface area contributed by atoms with E-state index in [2.05, 4.69) is 46.7 Å². The molecule has 0 spiro atoms. The van der Waals surface area contributed by atoms with Gasteiger partial charge in [-0.15, -0.1) is 0 Å². The second kappa shape index (κ2) is 9.28.